The van der Waals surface area contributed by atoms with Crippen molar-refractivity contribution in [3.63, 3.8) is 0 Å². The highest BCUT2D eigenvalue weighted by molar-refractivity contribution is 6.30. The zero-order chi connectivity index (χ0) is 14.6. The topological polar surface area (TPSA) is 9.23 Å². The monoisotopic (exact) mass is 287 g/mol. The number of hydrogen-bond acceptors (Lipinski definition) is 1. The Hall–Kier alpha value is -1.47. The molecule has 0 unspecified atom stereocenters. The Labute approximate surface area is 126 Å². The van der Waals surface area contributed by atoms with Crippen LogP contribution in [0.1, 0.15) is 31.9 Å². The molecule has 0 N–H and O–H groups in total. The Balaban J connectivity index is 1.92. The van der Waals surface area contributed by atoms with Crippen molar-refractivity contribution in [3.05, 3.63) is 71.1 Å². The molecule has 0 aliphatic heterocycles. The molecule has 2 aromatic carbocycles. The highest BCUT2D eigenvalue weighted by Gasteiger charge is 2.11. The zero-order valence-corrected chi connectivity index (χ0v) is 12.9. The molecule has 0 atom stereocenters. The lowest BCUT2D eigenvalue weighted by Crippen LogP contribution is -2.22. The fraction of sp³-hybridized carbons (Fsp3) is 0.278. The van der Waals surface area contributed by atoms with Gasteiger partial charge in [-0.05, 0) is 69.0 Å². The number of ether oxygens (including phenoxy) is 1. The van der Waals surface area contributed by atoms with Gasteiger partial charge in [0.15, 0.2) is 0 Å². The first-order valence-electron chi connectivity index (χ1n) is 6.79. The van der Waals surface area contributed by atoms with E-state index in [9.17, 15) is 0 Å². The molecule has 0 spiro atoms. The second kappa shape index (κ2) is 6.32. The molecule has 105 valence electrons. The summed E-state index contributed by atoms with van der Waals surface area (Å²) in [7, 11) is 0. The molecule has 0 aliphatic carbocycles. The summed E-state index contributed by atoms with van der Waals surface area (Å²) in [5.41, 5.74) is 2.29. The third-order valence-electron chi connectivity index (χ3n) is 2.79. The molecule has 0 bridgehead atoms. The van der Waals surface area contributed by atoms with Crippen molar-refractivity contribution in [1.29, 1.82) is 0 Å². The summed E-state index contributed by atoms with van der Waals surface area (Å²) in [4.78, 5) is 0. The van der Waals surface area contributed by atoms with Crippen LogP contribution in [-0.2, 0) is 6.42 Å². The van der Waals surface area contributed by atoms with E-state index in [1.54, 1.807) is 0 Å². The highest BCUT2D eigenvalue weighted by atomic mass is 35.5. The van der Waals surface area contributed by atoms with Crippen LogP contribution in [0, 0.1) is 6.42 Å². The summed E-state index contributed by atoms with van der Waals surface area (Å²) < 4.78 is 5.81. The van der Waals surface area contributed by atoms with Gasteiger partial charge in [-0.2, -0.15) is 0 Å². The van der Waals surface area contributed by atoms with Crippen LogP contribution in [-0.4, -0.2) is 5.60 Å². The number of hydrogen-bond donors (Lipinski definition) is 0. The largest absolute Gasteiger partial charge is 0.488 e. The maximum Gasteiger partial charge on any atom is 0.120 e. The molecular weight excluding hydrogens is 268 g/mol. The highest BCUT2D eigenvalue weighted by Crippen LogP contribution is 2.20. The SMILES string of the molecule is CC(C)(C)Oc1ccc(C[CH]c2ccc(Cl)cc2)cc1. The molecule has 0 saturated carbocycles. The fourth-order valence-electron chi connectivity index (χ4n) is 1.88. The normalized spacial score (nSPS) is 11.4. The molecule has 20 heavy (non-hydrogen) atoms. The molecule has 0 saturated heterocycles. The lowest BCUT2D eigenvalue weighted by molar-refractivity contribution is 0.131. The second-order valence-electron chi connectivity index (χ2n) is 5.82. The maximum atomic E-state index is 5.87. The molecule has 1 radical (unpaired) electrons. The van der Waals surface area contributed by atoms with Crippen molar-refractivity contribution in [2.45, 2.75) is 32.8 Å². The van der Waals surface area contributed by atoms with Crippen LogP contribution in [0.4, 0.5) is 0 Å². The van der Waals surface area contributed by atoms with Gasteiger partial charge < -0.3 is 4.74 Å². The van der Waals surface area contributed by atoms with Gasteiger partial charge in [-0.3, -0.25) is 0 Å². The third-order valence-corrected chi connectivity index (χ3v) is 3.04. The van der Waals surface area contributed by atoms with Crippen LogP contribution in [0.2, 0.25) is 5.02 Å². The molecular formula is C18H20ClO. The lowest BCUT2D eigenvalue weighted by Gasteiger charge is -2.21. The molecule has 2 heteroatoms. The second-order valence-corrected chi connectivity index (χ2v) is 6.25. The first-order chi connectivity index (χ1) is 9.42. The lowest BCUT2D eigenvalue weighted by atomic mass is 10.0. The van der Waals surface area contributed by atoms with Crippen LogP contribution in [0.3, 0.4) is 0 Å². The van der Waals surface area contributed by atoms with Crippen LogP contribution < -0.4 is 4.74 Å². The molecule has 0 amide bonds. The summed E-state index contributed by atoms with van der Waals surface area (Å²) >= 11 is 5.87. The van der Waals surface area contributed by atoms with E-state index in [4.69, 9.17) is 16.3 Å². The maximum absolute atomic E-state index is 5.87. The van der Waals surface area contributed by atoms with Crippen molar-refractivity contribution in [2.75, 3.05) is 0 Å². The summed E-state index contributed by atoms with van der Waals surface area (Å²) in [6.07, 6.45) is 3.09. The molecule has 0 aliphatic rings. The zero-order valence-electron chi connectivity index (χ0n) is 12.2. The van der Waals surface area contributed by atoms with E-state index in [1.165, 1.54) is 11.1 Å². The van der Waals surface area contributed by atoms with Gasteiger partial charge in [-0.1, -0.05) is 35.9 Å². The summed E-state index contributed by atoms with van der Waals surface area (Å²) in [5, 5.41) is 0.769. The van der Waals surface area contributed by atoms with Gasteiger partial charge in [-0.15, -0.1) is 0 Å². The number of halogens is 1. The minimum Gasteiger partial charge on any atom is -0.488 e. The van der Waals surface area contributed by atoms with E-state index >= 15 is 0 Å². The Morgan fingerprint density at radius 2 is 1.55 bits per heavy atom. The van der Waals surface area contributed by atoms with Crippen LogP contribution >= 0.6 is 11.6 Å². The van der Waals surface area contributed by atoms with E-state index in [1.807, 2.05) is 36.4 Å². The fourth-order valence-corrected chi connectivity index (χ4v) is 2.01. The predicted molar refractivity (Wildman–Crippen MR) is 85.4 cm³/mol. The summed E-state index contributed by atoms with van der Waals surface area (Å²) in [6.45, 7) is 6.15. The molecule has 2 rings (SSSR count). The van der Waals surface area contributed by atoms with Gasteiger partial charge in [0.2, 0.25) is 0 Å². The van der Waals surface area contributed by atoms with Gasteiger partial charge in [0, 0.05) is 5.02 Å². The molecule has 1 nitrogen and oxygen atoms in total. The third kappa shape index (κ3) is 4.90. The van der Waals surface area contributed by atoms with E-state index < -0.39 is 0 Å². The first-order valence-corrected chi connectivity index (χ1v) is 7.17. The number of benzene rings is 2. The van der Waals surface area contributed by atoms with E-state index in [-0.39, 0.29) is 5.60 Å². The molecule has 0 heterocycles. The van der Waals surface area contributed by atoms with Crippen LogP contribution in [0.25, 0.3) is 0 Å². The average Bonchev–Trinajstić information content (AvgIpc) is 2.38. The van der Waals surface area contributed by atoms with E-state index in [2.05, 4.69) is 39.3 Å². The summed E-state index contributed by atoms with van der Waals surface area (Å²) in [5.74, 6) is 0.910. The first kappa shape index (κ1) is 14.9. The Morgan fingerprint density at radius 3 is 2.10 bits per heavy atom. The minimum absolute atomic E-state index is 0.156. The van der Waals surface area contributed by atoms with Crippen molar-refractivity contribution in [2.24, 2.45) is 0 Å². The van der Waals surface area contributed by atoms with Gasteiger partial charge in [-0.25, -0.2) is 0 Å². The van der Waals surface area contributed by atoms with Crippen molar-refractivity contribution >= 4 is 11.6 Å². The average molecular weight is 288 g/mol. The minimum atomic E-state index is -0.156. The molecule has 0 aromatic heterocycles. The smallest absolute Gasteiger partial charge is 0.120 e. The number of rotatable bonds is 4. The van der Waals surface area contributed by atoms with Crippen molar-refractivity contribution in [1.82, 2.24) is 0 Å². The van der Waals surface area contributed by atoms with Crippen LogP contribution in [0.15, 0.2) is 48.5 Å². The van der Waals surface area contributed by atoms with Crippen molar-refractivity contribution in [3.8, 4) is 5.75 Å². The van der Waals surface area contributed by atoms with Gasteiger partial charge in [0.1, 0.15) is 11.4 Å². The van der Waals surface area contributed by atoms with Gasteiger partial charge in [0.05, 0.1) is 0 Å². The molecule has 2 aromatic rings. The van der Waals surface area contributed by atoms with Crippen molar-refractivity contribution < 1.29 is 4.74 Å². The van der Waals surface area contributed by atoms with E-state index in [0.717, 1.165) is 17.2 Å². The summed E-state index contributed by atoms with van der Waals surface area (Å²) in [6, 6.07) is 16.1. The van der Waals surface area contributed by atoms with Gasteiger partial charge >= 0.3 is 0 Å². The Bertz CT molecular complexity index is 535. The Morgan fingerprint density at radius 1 is 0.950 bits per heavy atom. The quantitative estimate of drug-likeness (QED) is 0.740. The standard InChI is InChI=1S/C18H20ClO/c1-18(2,3)20-17-12-8-15(9-13-17)5-4-14-6-10-16(19)11-7-14/h4,6-13H,5H2,1-3H3. The van der Waals surface area contributed by atoms with Crippen LogP contribution in [0.5, 0.6) is 5.75 Å². The van der Waals surface area contributed by atoms with Gasteiger partial charge in [0.25, 0.3) is 0 Å². The molecule has 0 fully saturated rings. The van der Waals surface area contributed by atoms with E-state index in [0.29, 0.717) is 0 Å². The Kier molecular flexibility index (Phi) is 4.72. The predicted octanol–water partition coefficient (Wildman–Crippen LogP) is 5.31.